The Kier molecular flexibility index (Phi) is 6.11. The van der Waals surface area contributed by atoms with Crippen molar-refractivity contribution in [2.75, 3.05) is 5.32 Å². The fourth-order valence-corrected chi connectivity index (χ4v) is 7.79. The van der Waals surface area contributed by atoms with Crippen molar-refractivity contribution in [3.05, 3.63) is 204 Å². The Bertz CT molecular complexity index is 2340. The van der Waals surface area contributed by atoms with E-state index in [9.17, 15) is 0 Å². The Morgan fingerprint density at radius 3 is 1.70 bits per heavy atom. The maximum absolute atomic E-state index is 3.90. The molecule has 8 aromatic rings. The highest BCUT2D eigenvalue weighted by molar-refractivity contribution is 6.10. The summed E-state index contributed by atoms with van der Waals surface area (Å²) in [7, 11) is 0. The maximum atomic E-state index is 3.90. The average molecular weight is 586 g/mol. The molecule has 0 unspecified atom stereocenters. The van der Waals surface area contributed by atoms with E-state index in [2.05, 4.69) is 187 Å². The van der Waals surface area contributed by atoms with E-state index in [-0.39, 0.29) is 0 Å². The van der Waals surface area contributed by atoms with Crippen LogP contribution in [-0.2, 0) is 5.41 Å². The summed E-state index contributed by atoms with van der Waals surface area (Å²) in [6.07, 6.45) is 0. The van der Waals surface area contributed by atoms with Gasteiger partial charge in [-0.25, -0.2) is 0 Å². The Morgan fingerprint density at radius 1 is 0.370 bits per heavy atom. The van der Waals surface area contributed by atoms with Crippen LogP contribution >= 0.6 is 0 Å². The summed E-state index contributed by atoms with van der Waals surface area (Å²) < 4.78 is 0. The third-order valence-corrected chi connectivity index (χ3v) is 9.73. The second kappa shape index (κ2) is 10.6. The van der Waals surface area contributed by atoms with Crippen LogP contribution in [-0.4, -0.2) is 0 Å². The molecule has 0 saturated carbocycles. The van der Waals surface area contributed by atoms with E-state index in [1.165, 1.54) is 66.1 Å². The molecule has 1 N–H and O–H groups in total. The molecule has 1 aliphatic rings. The van der Waals surface area contributed by atoms with Crippen molar-refractivity contribution < 1.29 is 0 Å². The first-order chi connectivity index (χ1) is 22.8. The van der Waals surface area contributed by atoms with Crippen LogP contribution in [0.4, 0.5) is 11.4 Å². The van der Waals surface area contributed by atoms with Crippen molar-refractivity contribution in [2.45, 2.75) is 5.41 Å². The van der Waals surface area contributed by atoms with Crippen molar-refractivity contribution in [2.24, 2.45) is 0 Å². The van der Waals surface area contributed by atoms with Crippen LogP contribution in [0.5, 0.6) is 0 Å². The average Bonchev–Trinajstić information content (AvgIpc) is 3.42. The topological polar surface area (TPSA) is 12.0 Å². The Morgan fingerprint density at radius 2 is 0.935 bits per heavy atom. The first-order valence-corrected chi connectivity index (χ1v) is 15.9. The molecular weight excluding hydrogens is 555 g/mol. The minimum atomic E-state index is -0.399. The van der Waals surface area contributed by atoms with E-state index >= 15 is 0 Å². The van der Waals surface area contributed by atoms with E-state index in [4.69, 9.17) is 0 Å². The molecule has 1 heteroatoms. The van der Waals surface area contributed by atoms with Gasteiger partial charge in [0.25, 0.3) is 0 Å². The van der Waals surface area contributed by atoms with Crippen LogP contribution in [0.15, 0.2) is 182 Å². The van der Waals surface area contributed by atoms with Crippen molar-refractivity contribution in [3.8, 4) is 22.3 Å². The second-order valence-corrected chi connectivity index (χ2v) is 12.1. The number of anilines is 2. The molecule has 0 aromatic heterocycles. The lowest BCUT2D eigenvalue weighted by Gasteiger charge is -2.33. The summed E-state index contributed by atoms with van der Waals surface area (Å²) in [6.45, 7) is 0. The Balaban J connectivity index is 1.25. The van der Waals surface area contributed by atoms with E-state index < -0.39 is 5.41 Å². The molecule has 0 heterocycles. The molecule has 9 rings (SSSR count). The smallest absolute Gasteiger partial charge is 0.0713 e. The summed E-state index contributed by atoms with van der Waals surface area (Å²) in [4.78, 5) is 0. The van der Waals surface area contributed by atoms with Gasteiger partial charge in [0, 0.05) is 16.9 Å². The van der Waals surface area contributed by atoms with E-state index in [1.807, 2.05) is 0 Å². The SMILES string of the molecule is c1ccc(C2(c3ccccc3)c3ccccc3-c3cc(Nc4ccc5ccccc5c4-c4cccc5ccccc45)ccc32)cc1. The van der Waals surface area contributed by atoms with E-state index in [0.717, 1.165) is 11.4 Å². The fraction of sp³-hybridized carbons (Fsp3) is 0.0222. The molecule has 46 heavy (non-hydrogen) atoms. The summed E-state index contributed by atoms with van der Waals surface area (Å²) >= 11 is 0. The van der Waals surface area contributed by atoms with Gasteiger partial charge in [-0.1, -0.05) is 164 Å². The molecular formula is C45H31N. The van der Waals surface area contributed by atoms with Gasteiger partial charge in [-0.15, -0.1) is 0 Å². The molecule has 0 bridgehead atoms. The molecule has 8 aromatic carbocycles. The first-order valence-electron chi connectivity index (χ1n) is 15.9. The first kappa shape index (κ1) is 26.5. The predicted octanol–water partition coefficient (Wildman–Crippen LogP) is 11.8. The zero-order chi connectivity index (χ0) is 30.5. The number of hydrogen-bond acceptors (Lipinski definition) is 1. The summed E-state index contributed by atoms with van der Waals surface area (Å²) in [6, 6.07) is 66.3. The number of nitrogens with one attached hydrogen (secondary N) is 1. The van der Waals surface area contributed by atoms with Gasteiger partial charge in [-0.3, -0.25) is 0 Å². The fourth-order valence-electron chi connectivity index (χ4n) is 7.79. The standard InChI is InChI=1S/C45H31N/c1-3-17-33(18-4-1)45(34-19-5-2-6-20-34)41-25-12-11-23-38(41)40-30-35(27-28-42(40)45)46-43-29-26-32-15-8-10-22-37(32)44(43)39-24-13-16-31-14-7-9-21-36(31)39/h1-30,46H. The minimum absolute atomic E-state index is 0.399. The third-order valence-electron chi connectivity index (χ3n) is 9.73. The molecule has 0 saturated heterocycles. The van der Waals surface area contributed by atoms with Gasteiger partial charge in [0.15, 0.2) is 0 Å². The highest BCUT2D eigenvalue weighted by Gasteiger charge is 2.45. The Labute approximate surface area is 269 Å². The van der Waals surface area contributed by atoms with Crippen LogP contribution < -0.4 is 5.32 Å². The second-order valence-electron chi connectivity index (χ2n) is 12.1. The van der Waals surface area contributed by atoms with Gasteiger partial charge >= 0.3 is 0 Å². The van der Waals surface area contributed by atoms with Gasteiger partial charge in [-0.2, -0.15) is 0 Å². The normalized spacial score (nSPS) is 13.0. The summed E-state index contributed by atoms with van der Waals surface area (Å²) in [5.74, 6) is 0. The molecule has 0 spiro atoms. The molecule has 1 nitrogen and oxygen atoms in total. The highest BCUT2D eigenvalue weighted by Crippen LogP contribution is 2.56. The van der Waals surface area contributed by atoms with Crippen molar-refractivity contribution in [1.29, 1.82) is 0 Å². The van der Waals surface area contributed by atoms with Crippen LogP contribution in [0.3, 0.4) is 0 Å². The highest BCUT2D eigenvalue weighted by atomic mass is 14.9. The molecule has 1 aliphatic carbocycles. The largest absolute Gasteiger partial charge is 0.355 e. The number of rotatable bonds is 5. The monoisotopic (exact) mass is 585 g/mol. The maximum Gasteiger partial charge on any atom is 0.0713 e. The van der Waals surface area contributed by atoms with Crippen LogP contribution in [0, 0.1) is 0 Å². The quantitative estimate of drug-likeness (QED) is 0.212. The zero-order valence-electron chi connectivity index (χ0n) is 25.3. The summed E-state index contributed by atoms with van der Waals surface area (Å²) in [5.41, 5.74) is 12.0. The third kappa shape index (κ3) is 3.95. The van der Waals surface area contributed by atoms with Crippen molar-refractivity contribution in [1.82, 2.24) is 0 Å². The van der Waals surface area contributed by atoms with Gasteiger partial charge in [0.05, 0.1) is 5.41 Å². The number of fused-ring (bicyclic) bond motifs is 5. The Hall–Kier alpha value is -5.92. The molecule has 0 atom stereocenters. The molecule has 0 aliphatic heterocycles. The molecule has 0 fully saturated rings. The summed E-state index contributed by atoms with van der Waals surface area (Å²) in [5, 5.41) is 8.86. The van der Waals surface area contributed by atoms with Crippen LogP contribution in [0.25, 0.3) is 43.8 Å². The van der Waals surface area contributed by atoms with Crippen LogP contribution in [0.1, 0.15) is 22.3 Å². The van der Waals surface area contributed by atoms with Gasteiger partial charge in [0.1, 0.15) is 0 Å². The van der Waals surface area contributed by atoms with Gasteiger partial charge in [0.2, 0.25) is 0 Å². The number of benzene rings is 8. The van der Waals surface area contributed by atoms with Gasteiger partial charge < -0.3 is 5.32 Å². The molecule has 0 amide bonds. The van der Waals surface area contributed by atoms with E-state index in [1.54, 1.807) is 0 Å². The van der Waals surface area contributed by atoms with Crippen molar-refractivity contribution in [3.63, 3.8) is 0 Å². The molecule has 0 radical (unpaired) electrons. The lowest BCUT2D eigenvalue weighted by molar-refractivity contribution is 0.768. The van der Waals surface area contributed by atoms with Crippen LogP contribution in [0.2, 0.25) is 0 Å². The number of hydrogen-bond donors (Lipinski definition) is 1. The predicted molar refractivity (Wildman–Crippen MR) is 194 cm³/mol. The molecule has 216 valence electrons. The lowest BCUT2D eigenvalue weighted by atomic mass is 9.68. The van der Waals surface area contributed by atoms with E-state index in [0.29, 0.717) is 0 Å². The lowest BCUT2D eigenvalue weighted by Crippen LogP contribution is -2.28. The van der Waals surface area contributed by atoms with Crippen molar-refractivity contribution >= 4 is 32.9 Å². The zero-order valence-corrected chi connectivity index (χ0v) is 25.3. The minimum Gasteiger partial charge on any atom is -0.355 e. The van der Waals surface area contributed by atoms with Gasteiger partial charge in [-0.05, 0) is 78.7 Å².